The molecule has 0 amide bonds. The molecule has 0 fully saturated rings. The van der Waals surface area contributed by atoms with Gasteiger partial charge in [0.2, 0.25) is 0 Å². The molecule has 1 aromatic rings. The Kier molecular flexibility index (Phi) is 7.57. The summed E-state index contributed by atoms with van der Waals surface area (Å²) >= 11 is 0. The number of ether oxygens (including phenoxy) is 3. The summed E-state index contributed by atoms with van der Waals surface area (Å²) in [5.41, 5.74) is 0.674. The molecule has 0 spiro atoms. The van der Waals surface area contributed by atoms with Crippen LogP contribution in [0.25, 0.3) is 0 Å². The lowest BCUT2D eigenvalue weighted by molar-refractivity contribution is 0.0230. The lowest BCUT2D eigenvalue weighted by atomic mass is 10.5. The standard InChI is InChI=1S/C11H20N2O4/c1-15-4-5-17-7-6-16-3-2-13-8-11(9-14)12-10-13/h8,10,14H,2-7,9H2,1H3. The highest BCUT2D eigenvalue weighted by Crippen LogP contribution is 1.95. The van der Waals surface area contributed by atoms with E-state index in [1.165, 1.54) is 0 Å². The Labute approximate surface area is 101 Å². The Hall–Kier alpha value is -0.950. The number of imidazole rings is 1. The van der Waals surface area contributed by atoms with Crippen LogP contribution in [0.5, 0.6) is 0 Å². The highest BCUT2D eigenvalue weighted by atomic mass is 16.5. The zero-order chi connectivity index (χ0) is 12.3. The smallest absolute Gasteiger partial charge is 0.0951 e. The van der Waals surface area contributed by atoms with Crippen LogP contribution in [0.4, 0.5) is 0 Å². The zero-order valence-electron chi connectivity index (χ0n) is 10.2. The molecule has 0 bridgehead atoms. The highest BCUT2D eigenvalue weighted by Gasteiger charge is 1.96. The summed E-state index contributed by atoms with van der Waals surface area (Å²) in [6.07, 6.45) is 3.49. The summed E-state index contributed by atoms with van der Waals surface area (Å²) < 4.78 is 17.4. The van der Waals surface area contributed by atoms with E-state index >= 15 is 0 Å². The minimum absolute atomic E-state index is 0.0266. The topological polar surface area (TPSA) is 65.7 Å². The molecule has 0 saturated heterocycles. The van der Waals surface area contributed by atoms with Crippen molar-refractivity contribution in [1.82, 2.24) is 9.55 Å². The molecule has 0 unspecified atom stereocenters. The van der Waals surface area contributed by atoms with Gasteiger partial charge < -0.3 is 23.9 Å². The van der Waals surface area contributed by atoms with E-state index in [4.69, 9.17) is 19.3 Å². The molecule has 6 nitrogen and oxygen atoms in total. The number of rotatable bonds is 10. The molecule has 6 heteroatoms. The van der Waals surface area contributed by atoms with Gasteiger partial charge in [-0.05, 0) is 0 Å². The molecule has 17 heavy (non-hydrogen) atoms. The maximum Gasteiger partial charge on any atom is 0.0951 e. The summed E-state index contributed by atoms with van der Waals surface area (Å²) in [7, 11) is 1.64. The lowest BCUT2D eigenvalue weighted by Crippen LogP contribution is -2.11. The van der Waals surface area contributed by atoms with Gasteiger partial charge in [0.1, 0.15) is 0 Å². The summed E-state index contributed by atoms with van der Waals surface area (Å²) in [6, 6.07) is 0. The van der Waals surface area contributed by atoms with Crippen molar-refractivity contribution in [2.45, 2.75) is 13.2 Å². The van der Waals surface area contributed by atoms with E-state index in [1.54, 1.807) is 19.6 Å². The van der Waals surface area contributed by atoms with Gasteiger partial charge in [-0.15, -0.1) is 0 Å². The van der Waals surface area contributed by atoms with E-state index in [0.717, 1.165) is 6.54 Å². The molecule has 1 aromatic heterocycles. The first-order valence-electron chi connectivity index (χ1n) is 5.62. The second-order valence-electron chi connectivity index (χ2n) is 3.48. The largest absolute Gasteiger partial charge is 0.390 e. The summed E-state index contributed by atoms with van der Waals surface area (Å²) in [5.74, 6) is 0. The molecule has 1 rings (SSSR count). The van der Waals surface area contributed by atoms with Gasteiger partial charge in [0.25, 0.3) is 0 Å². The Morgan fingerprint density at radius 3 is 2.53 bits per heavy atom. The van der Waals surface area contributed by atoms with Gasteiger partial charge in [-0.3, -0.25) is 0 Å². The van der Waals surface area contributed by atoms with Crippen LogP contribution in [-0.4, -0.2) is 54.8 Å². The number of hydrogen-bond donors (Lipinski definition) is 1. The van der Waals surface area contributed by atoms with Crippen molar-refractivity contribution in [2.75, 3.05) is 40.1 Å². The van der Waals surface area contributed by atoms with Crippen LogP contribution >= 0.6 is 0 Å². The first-order valence-corrected chi connectivity index (χ1v) is 5.62. The molecular formula is C11H20N2O4. The monoisotopic (exact) mass is 244 g/mol. The van der Waals surface area contributed by atoms with Gasteiger partial charge in [-0.1, -0.05) is 0 Å². The molecule has 0 atom stereocenters. The van der Waals surface area contributed by atoms with Crippen LogP contribution in [0.1, 0.15) is 5.69 Å². The van der Waals surface area contributed by atoms with Crippen molar-refractivity contribution in [2.24, 2.45) is 0 Å². The SMILES string of the molecule is COCCOCCOCCn1cnc(CO)c1. The molecule has 1 heterocycles. The second-order valence-corrected chi connectivity index (χ2v) is 3.48. The van der Waals surface area contributed by atoms with E-state index in [0.29, 0.717) is 38.7 Å². The van der Waals surface area contributed by atoms with E-state index in [1.807, 2.05) is 4.57 Å². The van der Waals surface area contributed by atoms with Crippen LogP contribution in [0.3, 0.4) is 0 Å². The summed E-state index contributed by atoms with van der Waals surface area (Å²) in [5, 5.41) is 8.83. The van der Waals surface area contributed by atoms with Crippen LogP contribution < -0.4 is 0 Å². The van der Waals surface area contributed by atoms with Gasteiger partial charge in [0.15, 0.2) is 0 Å². The average molecular weight is 244 g/mol. The third-order valence-electron chi connectivity index (χ3n) is 2.15. The number of hydrogen-bond acceptors (Lipinski definition) is 5. The van der Waals surface area contributed by atoms with E-state index < -0.39 is 0 Å². The van der Waals surface area contributed by atoms with Crippen molar-refractivity contribution < 1.29 is 19.3 Å². The van der Waals surface area contributed by atoms with Crippen molar-refractivity contribution in [1.29, 1.82) is 0 Å². The maximum absolute atomic E-state index is 8.83. The van der Waals surface area contributed by atoms with Crippen molar-refractivity contribution in [3.05, 3.63) is 18.2 Å². The third-order valence-corrected chi connectivity index (χ3v) is 2.15. The normalized spacial score (nSPS) is 10.9. The van der Waals surface area contributed by atoms with Crippen LogP contribution in [-0.2, 0) is 27.4 Å². The van der Waals surface area contributed by atoms with Gasteiger partial charge in [0.05, 0.1) is 51.7 Å². The first-order chi connectivity index (χ1) is 8.36. The number of aromatic nitrogens is 2. The third kappa shape index (κ3) is 6.38. The van der Waals surface area contributed by atoms with Crippen LogP contribution in [0, 0.1) is 0 Å². The predicted octanol–water partition coefficient (Wildman–Crippen LogP) is 0.0550. The van der Waals surface area contributed by atoms with Gasteiger partial charge in [-0.25, -0.2) is 4.98 Å². The first kappa shape index (κ1) is 14.1. The molecule has 1 N–H and O–H groups in total. The summed E-state index contributed by atoms with van der Waals surface area (Å²) in [6.45, 7) is 3.67. The van der Waals surface area contributed by atoms with Crippen LogP contribution in [0.15, 0.2) is 12.5 Å². The molecule has 0 saturated carbocycles. The van der Waals surface area contributed by atoms with E-state index in [2.05, 4.69) is 4.98 Å². The van der Waals surface area contributed by atoms with Gasteiger partial charge >= 0.3 is 0 Å². The summed E-state index contributed by atoms with van der Waals surface area (Å²) in [4.78, 5) is 4.00. The zero-order valence-corrected chi connectivity index (χ0v) is 10.2. The van der Waals surface area contributed by atoms with Crippen molar-refractivity contribution in [3.63, 3.8) is 0 Å². The number of methoxy groups -OCH3 is 1. The van der Waals surface area contributed by atoms with Gasteiger partial charge in [0, 0.05) is 19.9 Å². The minimum atomic E-state index is -0.0266. The second kappa shape index (κ2) is 9.12. The Morgan fingerprint density at radius 2 is 1.88 bits per heavy atom. The quantitative estimate of drug-likeness (QED) is 0.589. The van der Waals surface area contributed by atoms with Crippen molar-refractivity contribution in [3.8, 4) is 0 Å². The fourth-order valence-electron chi connectivity index (χ4n) is 1.24. The average Bonchev–Trinajstić information content (AvgIpc) is 2.80. The lowest BCUT2D eigenvalue weighted by Gasteiger charge is -2.05. The van der Waals surface area contributed by atoms with Crippen LogP contribution in [0.2, 0.25) is 0 Å². The van der Waals surface area contributed by atoms with E-state index in [9.17, 15) is 0 Å². The molecule has 0 aromatic carbocycles. The molecule has 0 radical (unpaired) electrons. The molecular weight excluding hydrogens is 224 g/mol. The molecule has 98 valence electrons. The van der Waals surface area contributed by atoms with Crippen molar-refractivity contribution >= 4 is 0 Å². The fraction of sp³-hybridized carbons (Fsp3) is 0.727. The number of aliphatic hydroxyl groups is 1. The fourth-order valence-corrected chi connectivity index (χ4v) is 1.24. The number of nitrogens with zero attached hydrogens (tertiary/aromatic N) is 2. The molecule has 0 aliphatic rings. The van der Waals surface area contributed by atoms with Gasteiger partial charge in [-0.2, -0.15) is 0 Å². The predicted molar refractivity (Wildman–Crippen MR) is 61.7 cm³/mol. The highest BCUT2D eigenvalue weighted by molar-refractivity contribution is 4.93. The maximum atomic E-state index is 8.83. The molecule has 0 aliphatic heterocycles. The Morgan fingerprint density at radius 1 is 1.18 bits per heavy atom. The Bertz CT molecular complexity index is 291. The van der Waals surface area contributed by atoms with E-state index in [-0.39, 0.29) is 6.61 Å². The Balaban J connectivity index is 1.93. The number of aliphatic hydroxyl groups excluding tert-OH is 1. The minimum Gasteiger partial charge on any atom is -0.390 e. The molecule has 0 aliphatic carbocycles.